The van der Waals surface area contributed by atoms with Crippen LogP contribution in [0.3, 0.4) is 0 Å². The molecule has 1 N–H and O–H groups in total. The Bertz CT molecular complexity index is 934. The van der Waals surface area contributed by atoms with Gasteiger partial charge in [0.2, 0.25) is 0 Å². The van der Waals surface area contributed by atoms with E-state index in [4.69, 9.17) is 9.47 Å². The van der Waals surface area contributed by atoms with Crippen LogP contribution in [0, 0.1) is 45.3 Å². The van der Waals surface area contributed by atoms with E-state index in [9.17, 15) is 9.90 Å². The molecular weight excluding hydrogens is 424 g/mol. The fourth-order valence-corrected chi connectivity index (χ4v) is 10.3. The van der Waals surface area contributed by atoms with Gasteiger partial charge in [0.15, 0.2) is 6.29 Å². The first-order chi connectivity index (χ1) is 15.8. The molecule has 2 aliphatic heterocycles. The molecule has 2 heterocycles. The molecule has 0 radical (unpaired) electrons. The fourth-order valence-electron chi connectivity index (χ4n) is 10.3. The van der Waals surface area contributed by atoms with E-state index in [1.165, 1.54) is 25.7 Å². The van der Waals surface area contributed by atoms with Crippen molar-refractivity contribution >= 4 is 5.78 Å². The third-order valence-corrected chi connectivity index (χ3v) is 12.7. The third-order valence-electron chi connectivity index (χ3n) is 12.7. The number of epoxide rings is 1. The van der Waals surface area contributed by atoms with Gasteiger partial charge in [0.1, 0.15) is 11.9 Å². The Kier molecular flexibility index (Phi) is 4.86. The van der Waals surface area contributed by atoms with Gasteiger partial charge in [-0.1, -0.05) is 46.3 Å². The molecule has 10 atom stereocenters. The van der Waals surface area contributed by atoms with Gasteiger partial charge in [-0.2, -0.15) is 0 Å². The van der Waals surface area contributed by atoms with Crippen LogP contribution in [0.2, 0.25) is 0 Å². The van der Waals surface area contributed by atoms with Crippen LogP contribution in [0.5, 0.6) is 0 Å². The Labute approximate surface area is 206 Å². The molecule has 6 rings (SSSR count). The Morgan fingerprint density at radius 1 is 1.00 bits per heavy atom. The number of hydrogen-bond donors (Lipinski definition) is 1. The quantitative estimate of drug-likeness (QED) is 0.393. The maximum atomic E-state index is 12.8. The van der Waals surface area contributed by atoms with Crippen molar-refractivity contribution in [3.05, 3.63) is 11.6 Å². The highest BCUT2D eigenvalue weighted by Crippen LogP contribution is 2.73. The smallest absolute Gasteiger partial charge is 0.158 e. The van der Waals surface area contributed by atoms with Gasteiger partial charge < -0.3 is 14.6 Å². The van der Waals surface area contributed by atoms with Gasteiger partial charge in [0.25, 0.3) is 0 Å². The van der Waals surface area contributed by atoms with E-state index in [1.807, 2.05) is 0 Å². The van der Waals surface area contributed by atoms with Crippen LogP contribution in [0.15, 0.2) is 11.6 Å². The zero-order valence-electron chi connectivity index (χ0n) is 22.4. The zero-order chi connectivity index (χ0) is 24.5. The number of fused-ring (bicyclic) bond motifs is 5. The molecule has 4 nitrogen and oxygen atoms in total. The standard InChI is InChI=1S/C30H46O4/c1-26(2)22-9-8-20-19(28(22,5)13-12-23(26)31)11-15-29(6)18(10-14-30(20,29)7)17-16-21(33-25(17)32)24-27(3,4)34-24/h8,17-19,21-22,24-25,32H,9-16H2,1-7H3/t17-,18-,19-,21+,22-,24-,25-,28+,29+,30+/m0/s1. The predicted octanol–water partition coefficient (Wildman–Crippen LogP) is 6.06. The molecule has 6 aliphatic rings. The maximum Gasteiger partial charge on any atom is 0.158 e. The summed E-state index contributed by atoms with van der Waals surface area (Å²) in [5, 5.41) is 11.0. The van der Waals surface area contributed by atoms with E-state index in [1.54, 1.807) is 5.57 Å². The van der Waals surface area contributed by atoms with Gasteiger partial charge in [0, 0.05) is 17.8 Å². The highest BCUT2D eigenvalue weighted by atomic mass is 16.7. The second kappa shape index (κ2) is 6.98. The number of aliphatic hydroxyl groups excluding tert-OH is 1. The van der Waals surface area contributed by atoms with Crippen LogP contribution in [0.4, 0.5) is 0 Å². The maximum absolute atomic E-state index is 12.8. The average Bonchev–Trinajstić information content (AvgIpc) is 3.08. The molecule has 0 spiro atoms. The Morgan fingerprint density at radius 3 is 2.38 bits per heavy atom. The lowest BCUT2D eigenvalue weighted by atomic mass is 9.41. The largest absolute Gasteiger partial charge is 0.368 e. The SMILES string of the molecule is CC1(C)O[C@H]1[C@H]1C[C@@H]([C@@H]2CC[C@]3(C)C4=CC[C@H]5C(C)(C)C(=O)CC[C@]5(C)[C@H]4CC[C@]23C)[C@@H](O)O1. The molecule has 0 aromatic carbocycles. The Morgan fingerprint density at radius 2 is 1.71 bits per heavy atom. The molecule has 0 aromatic heterocycles. The zero-order valence-corrected chi connectivity index (χ0v) is 22.4. The van der Waals surface area contributed by atoms with Crippen LogP contribution in [-0.4, -0.2) is 35.0 Å². The topological polar surface area (TPSA) is 59.1 Å². The molecule has 0 aromatic rings. The summed E-state index contributed by atoms with van der Waals surface area (Å²) in [6.45, 7) is 16.2. The second-order valence-electron chi connectivity index (χ2n) is 14.7. The van der Waals surface area contributed by atoms with Crippen molar-refractivity contribution in [3.63, 3.8) is 0 Å². The minimum absolute atomic E-state index is 0.0253. The Hall–Kier alpha value is -0.710. The van der Waals surface area contributed by atoms with E-state index in [2.05, 4.69) is 54.5 Å². The Balaban J connectivity index is 1.30. The monoisotopic (exact) mass is 470 g/mol. The van der Waals surface area contributed by atoms with Gasteiger partial charge >= 0.3 is 0 Å². The van der Waals surface area contributed by atoms with Crippen molar-refractivity contribution in [2.75, 3.05) is 0 Å². The molecule has 190 valence electrons. The number of Topliss-reactive ketones (excluding diaryl/α,β-unsaturated/α-hetero) is 1. The summed E-state index contributed by atoms with van der Waals surface area (Å²) in [7, 11) is 0. The van der Waals surface area contributed by atoms with E-state index in [-0.39, 0.29) is 45.4 Å². The number of ether oxygens (including phenoxy) is 2. The summed E-state index contributed by atoms with van der Waals surface area (Å²) >= 11 is 0. The van der Waals surface area contributed by atoms with Crippen LogP contribution in [0.25, 0.3) is 0 Å². The van der Waals surface area contributed by atoms with Crippen molar-refractivity contribution in [2.24, 2.45) is 45.3 Å². The van der Waals surface area contributed by atoms with Crippen LogP contribution in [0.1, 0.15) is 99.8 Å². The number of aliphatic hydroxyl groups is 1. The van der Waals surface area contributed by atoms with Gasteiger partial charge in [-0.25, -0.2) is 0 Å². The molecule has 2 saturated heterocycles. The molecule has 0 amide bonds. The van der Waals surface area contributed by atoms with Crippen LogP contribution < -0.4 is 0 Å². The first-order valence-corrected chi connectivity index (χ1v) is 14.0. The van der Waals surface area contributed by atoms with Gasteiger partial charge in [-0.15, -0.1) is 0 Å². The summed E-state index contributed by atoms with van der Waals surface area (Å²) in [5.41, 5.74) is 1.95. The normalized spacial score (nSPS) is 55.2. The molecule has 34 heavy (non-hydrogen) atoms. The number of rotatable bonds is 2. The predicted molar refractivity (Wildman–Crippen MR) is 132 cm³/mol. The lowest BCUT2D eigenvalue weighted by Gasteiger charge is -2.63. The highest BCUT2D eigenvalue weighted by Gasteiger charge is 2.67. The summed E-state index contributed by atoms with van der Waals surface area (Å²) in [5.74, 6) is 2.19. The minimum atomic E-state index is -0.667. The van der Waals surface area contributed by atoms with Gasteiger partial charge in [-0.05, 0) is 92.8 Å². The number of allylic oxidation sites excluding steroid dienone is 2. The summed E-state index contributed by atoms with van der Waals surface area (Å²) in [6, 6.07) is 0. The van der Waals surface area contributed by atoms with E-state index in [0.29, 0.717) is 23.5 Å². The molecule has 4 aliphatic carbocycles. The van der Waals surface area contributed by atoms with Crippen LogP contribution in [-0.2, 0) is 14.3 Å². The summed E-state index contributed by atoms with van der Waals surface area (Å²) < 4.78 is 12.0. The molecular formula is C30H46O4. The van der Waals surface area contributed by atoms with Crippen LogP contribution >= 0.6 is 0 Å². The van der Waals surface area contributed by atoms with Crippen molar-refractivity contribution in [1.29, 1.82) is 0 Å². The second-order valence-corrected chi connectivity index (χ2v) is 14.7. The van der Waals surface area contributed by atoms with Crippen molar-refractivity contribution in [2.45, 2.75) is 124 Å². The fraction of sp³-hybridized carbons (Fsp3) is 0.900. The molecule has 3 saturated carbocycles. The first kappa shape index (κ1) is 23.7. The minimum Gasteiger partial charge on any atom is -0.368 e. The van der Waals surface area contributed by atoms with Crippen molar-refractivity contribution in [3.8, 4) is 0 Å². The van der Waals surface area contributed by atoms with Crippen molar-refractivity contribution in [1.82, 2.24) is 0 Å². The van der Waals surface area contributed by atoms with E-state index >= 15 is 0 Å². The van der Waals surface area contributed by atoms with E-state index in [0.717, 1.165) is 25.7 Å². The lowest BCUT2D eigenvalue weighted by Crippen LogP contribution is -2.57. The lowest BCUT2D eigenvalue weighted by molar-refractivity contribution is -0.147. The molecule has 0 bridgehead atoms. The summed E-state index contributed by atoms with van der Waals surface area (Å²) in [6.07, 6.45) is 10.6. The molecule has 0 unspecified atom stereocenters. The number of carbonyl (C=O) groups excluding carboxylic acids is 1. The first-order valence-electron chi connectivity index (χ1n) is 14.0. The summed E-state index contributed by atoms with van der Waals surface area (Å²) in [4.78, 5) is 12.8. The third kappa shape index (κ3) is 2.85. The van der Waals surface area contributed by atoms with Gasteiger partial charge in [-0.3, -0.25) is 4.79 Å². The number of hydrogen-bond acceptors (Lipinski definition) is 4. The molecule has 5 fully saturated rings. The molecule has 4 heteroatoms. The average molecular weight is 471 g/mol. The number of ketones is 1. The van der Waals surface area contributed by atoms with E-state index < -0.39 is 6.29 Å². The number of carbonyl (C=O) groups is 1. The van der Waals surface area contributed by atoms with Gasteiger partial charge in [0.05, 0.1) is 11.7 Å². The van der Waals surface area contributed by atoms with Crippen molar-refractivity contribution < 1.29 is 19.4 Å². The highest BCUT2D eigenvalue weighted by molar-refractivity contribution is 5.85.